The maximum atomic E-state index is 12.1. The standard InChI is InChI=1S/C17H21NO5/c1-10-4-5-13-12(9-23-16(13)11(10)2)8-15(19)18-14(17(20)21)6-7-22-3/h4-5,9,14H,6-8H2,1-3H3,(H,18,19)(H,20,21). The Balaban J connectivity index is 2.11. The van der Waals surface area contributed by atoms with Crippen molar-refractivity contribution < 1.29 is 23.8 Å². The molecule has 0 bridgehead atoms. The van der Waals surface area contributed by atoms with Gasteiger partial charge in [-0.05, 0) is 25.0 Å². The Labute approximate surface area is 134 Å². The zero-order chi connectivity index (χ0) is 17.0. The van der Waals surface area contributed by atoms with E-state index in [9.17, 15) is 9.59 Å². The van der Waals surface area contributed by atoms with Gasteiger partial charge in [0.15, 0.2) is 0 Å². The van der Waals surface area contributed by atoms with Gasteiger partial charge in [0, 0.05) is 31.1 Å². The van der Waals surface area contributed by atoms with E-state index in [2.05, 4.69) is 5.32 Å². The number of furan rings is 1. The molecule has 0 saturated carbocycles. The molecule has 2 rings (SSSR count). The summed E-state index contributed by atoms with van der Waals surface area (Å²) in [5.41, 5.74) is 3.67. The van der Waals surface area contributed by atoms with Crippen molar-refractivity contribution in [2.75, 3.05) is 13.7 Å². The minimum Gasteiger partial charge on any atom is -0.480 e. The van der Waals surface area contributed by atoms with Crippen LogP contribution >= 0.6 is 0 Å². The summed E-state index contributed by atoms with van der Waals surface area (Å²) in [5, 5.41) is 12.5. The molecule has 0 saturated heterocycles. The van der Waals surface area contributed by atoms with Gasteiger partial charge >= 0.3 is 5.97 Å². The van der Waals surface area contributed by atoms with E-state index in [1.54, 1.807) is 6.26 Å². The lowest BCUT2D eigenvalue weighted by Crippen LogP contribution is -2.42. The average Bonchev–Trinajstić information content (AvgIpc) is 2.90. The molecule has 1 aromatic carbocycles. The number of hydrogen-bond donors (Lipinski definition) is 2. The Bertz CT molecular complexity index is 719. The molecule has 1 atom stereocenters. The highest BCUT2D eigenvalue weighted by Gasteiger charge is 2.20. The molecule has 0 fully saturated rings. The van der Waals surface area contributed by atoms with Crippen LogP contribution in [0.1, 0.15) is 23.1 Å². The lowest BCUT2D eigenvalue weighted by Gasteiger charge is -2.13. The Morgan fingerprint density at radius 2 is 2.09 bits per heavy atom. The number of ether oxygens (including phenoxy) is 1. The number of carboxylic acids is 1. The number of rotatable bonds is 7. The lowest BCUT2D eigenvalue weighted by atomic mass is 10.0. The quantitative estimate of drug-likeness (QED) is 0.816. The number of nitrogens with one attached hydrogen (secondary N) is 1. The van der Waals surface area contributed by atoms with Gasteiger partial charge in [-0.25, -0.2) is 4.79 Å². The minimum atomic E-state index is -1.07. The van der Waals surface area contributed by atoms with Crippen LogP contribution in [0.2, 0.25) is 0 Å². The molecule has 0 aliphatic heterocycles. The Morgan fingerprint density at radius 1 is 1.35 bits per heavy atom. The van der Waals surface area contributed by atoms with Crippen LogP contribution in [0.15, 0.2) is 22.8 Å². The van der Waals surface area contributed by atoms with E-state index >= 15 is 0 Å². The average molecular weight is 319 g/mol. The molecular formula is C17H21NO5. The topological polar surface area (TPSA) is 88.8 Å². The smallest absolute Gasteiger partial charge is 0.326 e. The van der Waals surface area contributed by atoms with Gasteiger partial charge in [0.1, 0.15) is 11.6 Å². The third-order valence-corrected chi connectivity index (χ3v) is 3.94. The van der Waals surface area contributed by atoms with E-state index in [0.717, 1.165) is 27.7 Å². The zero-order valence-corrected chi connectivity index (χ0v) is 13.5. The summed E-state index contributed by atoms with van der Waals surface area (Å²) in [6, 6.07) is 2.95. The summed E-state index contributed by atoms with van der Waals surface area (Å²) >= 11 is 0. The normalized spacial score (nSPS) is 12.3. The molecule has 1 heterocycles. The number of amides is 1. The van der Waals surface area contributed by atoms with Crippen molar-refractivity contribution in [2.24, 2.45) is 0 Å². The molecule has 2 aromatic rings. The molecule has 0 aliphatic carbocycles. The van der Waals surface area contributed by atoms with E-state index in [-0.39, 0.29) is 25.4 Å². The largest absolute Gasteiger partial charge is 0.480 e. The minimum absolute atomic E-state index is 0.0757. The Morgan fingerprint density at radius 3 is 2.74 bits per heavy atom. The molecule has 0 spiro atoms. The predicted molar refractivity (Wildman–Crippen MR) is 85.5 cm³/mol. The molecule has 6 heteroatoms. The molecule has 0 aliphatic rings. The lowest BCUT2D eigenvalue weighted by molar-refractivity contribution is -0.142. The fourth-order valence-corrected chi connectivity index (χ4v) is 2.44. The van der Waals surface area contributed by atoms with Gasteiger partial charge in [0.2, 0.25) is 5.91 Å². The first-order chi connectivity index (χ1) is 10.9. The molecule has 0 radical (unpaired) electrons. The summed E-state index contributed by atoms with van der Waals surface area (Å²) in [7, 11) is 1.49. The van der Waals surface area contributed by atoms with Gasteiger partial charge in [-0.1, -0.05) is 12.1 Å². The first-order valence-corrected chi connectivity index (χ1v) is 7.41. The van der Waals surface area contributed by atoms with Crippen molar-refractivity contribution in [3.63, 3.8) is 0 Å². The van der Waals surface area contributed by atoms with Gasteiger partial charge in [-0.3, -0.25) is 4.79 Å². The van der Waals surface area contributed by atoms with E-state index < -0.39 is 12.0 Å². The van der Waals surface area contributed by atoms with Crippen molar-refractivity contribution in [2.45, 2.75) is 32.7 Å². The number of aliphatic carboxylic acids is 1. The fraction of sp³-hybridized carbons (Fsp3) is 0.412. The first-order valence-electron chi connectivity index (χ1n) is 7.41. The monoisotopic (exact) mass is 319 g/mol. The maximum Gasteiger partial charge on any atom is 0.326 e. The van der Waals surface area contributed by atoms with Gasteiger partial charge in [-0.2, -0.15) is 0 Å². The first kappa shape index (κ1) is 17.0. The van der Waals surface area contributed by atoms with E-state index in [1.807, 2.05) is 26.0 Å². The van der Waals surface area contributed by atoms with Gasteiger partial charge in [0.25, 0.3) is 0 Å². The van der Waals surface area contributed by atoms with Crippen molar-refractivity contribution >= 4 is 22.8 Å². The van der Waals surface area contributed by atoms with Crippen LogP contribution in [0.5, 0.6) is 0 Å². The summed E-state index contributed by atoms with van der Waals surface area (Å²) in [6.07, 6.45) is 1.86. The third kappa shape index (κ3) is 3.90. The maximum absolute atomic E-state index is 12.1. The van der Waals surface area contributed by atoms with Crippen molar-refractivity contribution in [3.05, 3.63) is 35.1 Å². The van der Waals surface area contributed by atoms with E-state index in [4.69, 9.17) is 14.3 Å². The summed E-state index contributed by atoms with van der Waals surface area (Å²) in [5.74, 6) is -1.42. The molecule has 6 nitrogen and oxygen atoms in total. The second-order valence-electron chi connectivity index (χ2n) is 5.56. The van der Waals surface area contributed by atoms with Crippen LogP contribution in [-0.2, 0) is 20.7 Å². The summed E-state index contributed by atoms with van der Waals surface area (Å²) in [6.45, 7) is 4.23. The molecule has 1 amide bonds. The van der Waals surface area contributed by atoms with Gasteiger partial charge in [0.05, 0.1) is 12.7 Å². The molecule has 124 valence electrons. The SMILES string of the molecule is COCCC(NC(=O)Cc1coc2c(C)c(C)ccc12)C(=O)O. The second kappa shape index (κ2) is 7.28. The number of hydrogen-bond acceptors (Lipinski definition) is 4. The van der Waals surface area contributed by atoms with Crippen LogP contribution in [0, 0.1) is 13.8 Å². The predicted octanol–water partition coefficient (Wildman–Crippen LogP) is 2.20. The number of carbonyl (C=O) groups excluding carboxylic acids is 1. The highest BCUT2D eigenvalue weighted by Crippen LogP contribution is 2.26. The van der Waals surface area contributed by atoms with Crippen LogP contribution in [0.4, 0.5) is 0 Å². The van der Waals surface area contributed by atoms with Crippen LogP contribution < -0.4 is 5.32 Å². The Kier molecular flexibility index (Phi) is 5.39. The summed E-state index contributed by atoms with van der Waals surface area (Å²) in [4.78, 5) is 23.3. The van der Waals surface area contributed by atoms with Crippen LogP contribution in [0.25, 0.3) is 11.0 Å². The number of carbonyl (C=O) groups is 2. The number of carboxylic acid groups (broad SMARTS) is 1. The summed E-state index contributed by atoms with van der Waals surface area (Å²) < 4.78 is 10.4. The van der Waals surface area contributed by atoms with Crippen molar-refractivity contribution in [3.8, 4) is 0 Å². The Hall–Kier alpha value is -2.34. The number of fused-ring (bicyclic) bond motifs is 1. The highest BCUT2D eigenvalue weighted by atomic mass is 16.5. The number of aryl methyl sites for hydroxylation is 2. The van der Waals surface area contributed by atoms with Crippen molar-refractivity contribution in [1.82, 2.24) is 5.32 Å². The molecule has 1 aromatic heterocycles. The van der Waals surface area contributed by atoms with Crippen LogP contribution in [-0.4, -0.2) is 36.7 Å². The second-order valence-corrected chi connectivity index (χ2v) is 5.56. The molecular weight excluding hydrogens is 298 g/mol. The molecule has 2 N–H and O–H groups in total. The number of benzene rings is 1. The molecule has 23 heavy (non-hydrogen) atoms. The van der Waals surface area contributed by atoms with Gasteiger partial charge in [-0.15, -0.1) is 0 Å². The number of methoxy groups -OCH3 is 1. The fourth-order valence-electron chi connectivity index (χ4n) is 2.44. The zero-order valence-electron chi connectivity index (χ0n) is 13.5. The van der Waals surface area contributed by atoms with Crippen molar-refractivity contribution in [1.29, 1.82) is 0 Å². The molecule has 1 unspecified atom stereocenters. The van der Waals surface area contributed by atoms with E-state index in [1.165, 1.54) is 7.11 Å². The van der Waals surface area contributed by atoms with Crippen LogP contribution in [0.3, 0.4) is 0 Å². The van der Waals surface area contributed by atoms with E-state index in [0.29, 0.717) is 0 Å². The highest BCUT2D eigenvalue weighted by molar-refractivity contribution is 5.91. The third-order valence-electron chi connectivity index (χ3n) is 3.94. The van der Waals surface area contributed by atoms with Gasteiger partial charge < -0.3 is 19.6 Å².